The predicted molar refractivity (Wildman–Crippen MR) is 76.1 cm³/mol. The molecule has 1 aromatic carbocycles. The summed E-state index contributed by atoms with van der Waals surface area (Å²) in [6.45, 7) is 1.82. The molecule has 0 bridgehead atoms. The van der Waals surface area contributed by atoms with E-state index in [2.05, 4.69) is 26.2 Å². The fourth-order valence-electron chi connectivity index (χ4n) is 1.37. The van der Waals surface area contributed by atoms with Crippen LogP contribution in [0, 0.1) is 12.3 Å². The normalized spacial score (nSPS) is 9.28. The molecular formula is C10H14BrClN4O2. The van der Waals surface area contributed by atoms with E-state index in [4.69, 9.17) is 11.1 Å². The molecule has 2 amide bonds. The third-order valence-electron chi connectivity index (χ3n) is 2.05. The summed E-state index contributed by atoms with van der Waals surface area (Å²) in [4.78, 5) is 17.3. The minimum Gasteiger partial charge on any atom is -0.369 e. The molecule has 0 unspecified atom stereocenters. The number of hydrogen-bond donors (Lipinski definition) is 3. The number of halogens is 2. The van der Waals surface area contributed by atoms with Gasteiger partial charge < -0.3 is 5.73 Å². The maximum Gasteiger partial charge on any atom is 0.352 e. The van der Waals surface area contributed by atoms with E-state index in [1.54, 1.807) is 6.07 Å². The smallest absolute Gasteiger partial charge is 0.352 e. The van der Waals surface area contributed by atoms with Crippen molar-refractivity contribution in [1.29, 1.82) is 5.41 Å². The van der Waals surface area contributed by atoms with Crippen molar-refractivity contribution < 1.29 is 9.63 Å². The Kier molecular flexibility index (Phi) is 6.67. The molecule has 0 heterocycles. The third kappa shape index (κ3) is 3.59. The highest BCUT2D eigenvalue weighted by atomic mass is 79.9. The highest BCUT2D eigenvalue weighted by Crippen LogP contribution is 2.29. The van der Waals surface area contributed by atoms with Gasteiger partial charge in [-0.3, -0.25) is 10.2 Å². The van der Waals surface area contributed by atoms with Gasteiger partial charge in [0.25, 0.3) is 0 Å². The Morgan fingerprint density at radius 1 is 1.56 bits per heavy atom. The van der Waals surface area contributed by atoms with E-state index in [0.29, 0.717) is 10.2 Å². The predicted octanol–water partition coefficient (Wildman–Crippen LogP) is 2.15. The van der Waals surface area contributed by atoms with Crippen molar-refractivity contribution in [2.75, 3.05) is 12.0 Å². The van der Waals surface area contributed by atoms with E-state index in [9.17, 15) is 4.79 Å². The Morgan fingerprint density at radius 2 is 2.17 bits per heavy atom. The van der Waals surface area contributed by atoms with Crippen LogP contribution in [0.1, 0.15) is 5.56 Å². The average Bonchev–Trinajstić information content (AvgIpc) is 2.23. The number of anilines is 1. The van der Waals surface area contributed by atoms with E-state index >= 15 is 0 Å². The largest absolute Gasteiger partial charge is 0.369 e. The average molecular weight is 338 g/mol. The lowest BCUT2D eigenvalue weighted by Crippen LogP contribution is -2.47. The molecule has 0 aliphatic carbocycles. The summed E-state index contributed by atoms with van der Waals surface area (Å²) in [6, 6.07) is 4.78. The zero-order chi connectivity index (χ0) is 13.0. The summed E-state index contributed by atoms with van der Waals surface area (Å²) < 4.78 is 0.666. The number of aryl methyl sites for hydroxylation is 1. The fraction of sp³-hybridized carbons (Fsp3) is 0.200. The van der Waals surface area contributed by atoms with Crippen molar-refractivity contribution in [3.63, 3.8) is 0 Å². The van der Waals surface area contributed by atoms with E-state index in [1.807, 2.05) is 19.1 Å². The molecule has 1 aromatic rings. The number of nitrogens with zero attached hydrogens (tertiary/aromatic N) is 1. The molecule has 1 rings (SSSR count). The van der Waals surface area contributed by atoms with Crippen molar-refractivity contribution in [2.45, 2.75) is 6.92 Å². The first kappa shape index (κ1) is 16.7. The molecule has 0 aliphatic rings. The second-order valence-corrected chi connectivity index (χ2v) is 4.09. The monoisotopic (exact) mass is 336 g/mol. The molecular weight excluding hydrogens is 323 g/mol. The Morgan fingerprint density at radius 3 is 2.61 bits per heavy atom. The number of hydroxylamine groups is 1. The van der Waals surface area contributed by atoms with Crippen LogP contribution < -0.4 is 16.1 Å². The summed E-state index contributed by atoms with van der Waals surface area (Å²) in [7, 11) is 1.31. The van der Waals surface area contributed by atoms with Crippen molar-refractivity contribution in [2.24, 2.45) is 5.73 Å². The van der Waals surface area contributed by atoms with Crippen LogP contribution >= 0.6 is 28.3 Å². The number of benzene rings is 1. The first-order chi connectivity index (χ1) is 7.99. The molecule has 0 fully saturated rings. The zero-order valence-electron chi connectivity index (χ0n) is 9.86. The fourth-order valence-corrected chi connectivity index (χ4v) is 2.01. The van der Waals surface area contributed by atoms with Crippen LogP contribution in [0.15, 0.2) is 22.7 Å². The van der Waals surface area contributed by atoms with Gasteiger partial charge in [0, 0.05) is 4.47 Å². The lowest BCUT2D eigenvalue weighted by Gasteiger charge is -2.23. The van der Waals surface area contributed by atoms with Crippen LogP contribution in [0.25, 0.3) is 0 Å². The number of carbonyl (C=O) groups excluding carboxylic acids is 1. The Bertz CT molecular complexity index is 435. The molecule has 8 heteroatoms. The highest BCUT2D eigenvalue weighted by Gasteiger charge is 2.22. The third-order valence-corrected chi connectivity index (χ3v) is 2.69. The number of para-hydroxylation sites is 1. The van der Waals surface area contributed by atoms with Gasteiger partial charge in [-0.05, 0) is 34.5 Å². The summed E-state index contributed by atoms with van der Waals surface area (Å²) in [5.74, 6) is -0.394. The maximum absolute atomic E-state index is 11.7. The van der Waals surface area contributed by atoms with E-state index in [1.165, 1.54) is 7.11 Å². The molecule has 0 spiro atoms. The van der Waals surface area contributed by atoms with Gasteiger partial charge in [-0.2, -0.15) is 0 Å². The van der Waals surface area contributed by atoms with Crippen LogP contribution in [0.2, 0.25) is 0 Å². The lowest BCUT2D eigenvalue weighted by atomic mass is 10.2. The summed E-state index contributed by atoms with van der Waals surface area (Å²) in [5, 5.41) is 7.46. The zero-order valence-corrected chi connectivity index (χ0v) is 12.3. The number of amides is 2. The maximum atomic E-state index is 11.7. The standard InChI is InChI=1S/C10H13BrN4O2.ClH/c1-6-4-3-5-7(11)8(6)15(9(12)13)10(16)14-17-2;/h3-5H,1-2H3,(H3,12,13)(H,14,16);1H. The number of carbonyl (C=O) groups is 1. The van der Waals surface area contributed by atoms with Crippen LogP contribution in [0.3, 0.4) is 0 Å². The molecule has 0 aromatic heterocycles. The molecule has 0 atom stereocenters. The van der Waals surface area contributed by atoms with Gasteiger partial charge in [0.2, 0.25) is 5.96 Å². The second-order valence-electron chi connectivity index (χ2n) is 3.24. The van der Waals surface area contributed by atoms with Gasteiger partial charge in [0.1, 0.15) is 0 Å². The number of guanidine groups is 1. The first-order valence-electron chi connectivity index (χ1n) is 4.71. The minimum absolute atomic E-state index is 0. The van der Waals surface area contributed by atoms with Crippen molar-refractivity contribution in [1.82, 2.24) is 5.48 Å². The number of nitrogens with two attached hydrogens (primary N) is 1. The second kappa shape index (κ2) is 7.20. The highest BCUT2D eigenvalue weighted by molar-refractivity contribution is 9.10. The van der Waals surface area contributed by atoms with Crippen molar-refractivity contribution >= 4 is 46.0 Å². The quantitative estimate of drug-likeness (QED) is 0.439. The Labute approximate surface area is 119 Å². The van der Waals surface area contributed by atoms with Crippen LogP contribution in [-0.2, 0) is 4.84 Å². The summed E-state index contributed by atoms with van der Waals surface area (Å²) in [5.41, 5.74) is 8.85. The van der Waals surface area contributed by atoms with Crippen LogP contribution in [-0.4, -0.2) is 19.1 Å². The molecule has 6 nitrogen and oxygen atoms in total. The molecule has 0 saturated carbocycles. The number of nitrogens with one attached hydrogen (secondary N) is 2. The topological polar surface area (TPSA) is 91.4 Å². The van der Waals surface area contributed by atoms with E-state index < -0.39 is 12.0 Å². The number of hydrogen-bond acceptors (Lipinski definition) is 3. The lowest BCUT2D eigenvalue weighted by molar-refractivity contribution is 0.112. The SMILES string of the molecule is CONC(=O)N(C(=N)N)c1c(C)cccc1Br.Cl. The number of urea groups is 1. The molecule has 4 N–H and O–H groups in total. The van der Waals surface area contributed by atoms with Gasteiger partial charge in [-0.1, -0.05) is 12.1 Å². The summed E-state index contributed by atoms with van der Waals surface area (Å²) >= 11 is 3.32. The molecule has 0 saturated heterocycles. The van der Waals surface area contributed by atoms with Crippen molar-refractivity contribution in [3.05, 3.63) is 28.2 Å². The Balaban J connectivity index is 0.00000289. The molecule has 18 heavy (non-hydrogen) atoms. The van der Waals surface area contributed by atoms with Crippen molar-refractivity contribution in [3.8, 4) is 0 Å². The van der Waals surface area contributed by atoms with Gasteiger partial charge in [0.05, 0.1) is 12.8 Å². The van der Waals surface area contributed by atoms with E-state index in [0.717, 1.165) is 10.5 Å². The first-order valence-corrected chi connectivity index (χ1v) is 5.50. The molecule has 0 aliphatic heterocycles. The molecule has 100 valence electrons. The molecule has 0 radical (unpaired) electrons. The minimum atomic E-state index is -0.630. The summed E-state index contributed by atoms with van der Waals surface area (Å²) in [6.07, 6.45) is 0. The van der Waals surface area contributed by atoms with Gasteiger partial charge in [0.15, 0.2) is 0 Å². The Hall–Kier alpha value is -1.31. The van der Waals surface area contributed by atoms with Gasteiger partial charge >= 0.3 is 6.03 Å². The van der Waals surface area contributed by atoms with Gasteiger partial charge in [-0.15, -0.1) is 12.4 Å². The van der Waals surface area contributed by atoms with E-state index in [-0.39, 0.29) is 12.4 Å². The number of rotatable bonds is 2. The van der Waals surface area contributed by atoms with Crippen LogP contribution in [0.5, 0.6) is 0 Å². The van der Waals surface area contributed by atoms with Gasteiger partial charge in [-0.25, -0.2) is 15.2 Å². The van der Waals surface area contributed by atoms with Crippen LogP contribution in [0.4, 0.5) is 10.5 Å².